The van der Waals surface area contributed by atoms with E-state index in [1.807, 2.05) is 0 Å². The Morgan fingerprint density at radius 3 is 2.00 bits per heavy atom. The first kappa shape index (κ1) is 10.0. The van der Waals surface area contributed by atoms with Gasteiger partial charge in [0.15, 0.2) is 0 Å². The molecule has 1 heterocycles. The van der Waals surface area contributed by atoms with E-state index in [-0.39, 0.29) is 0 Å². The summed E-state index contributed by atoms with van der Waals surface area (Å²) in [5.74, 6) is 0.965. The summed E-state index contributed by atoms with van der Waals surface area (Å²) in [6.07, 6.45) is 5.52. The van der Waals surface area contributed by atoms with Crippen LogP contribution in [0.2, 0.25) is 0 Å². The lowest BCUT2D eigenvalue weighted by molar-refractivity contribution is 0.114. The summed E-state index contributed by atoms with van der Waals surface area (Å²) in [4.78, 5) is 0. The van der Waals surface area contributed by atoms with Crippen molar-refractivity contribution >= 4 is 0 Å². The highest BCUT2D eigenvalue weighted by atomic mass is 15.0. The van der Waals surface area contributed by atoms with Crippen LogP contribution in [0, 0.1) is 11.3 Å². The normalized spacial score (nSPS) is 21.0. The van der Waals surface area contributed by atoms with Gasteiger partial charge in [-0.3, -0.25) is 0 Å². The third-order valence-corrected chi connectivity index (χ3v) is 3.63. The molecule has 1 N–H and O–H groups in total. The Balaban J connectivity index is 2.35. The van der Waals surface area contributed by atoms with Crippen LogP contribution >= 0.6 is 0 Å². The average Bonchev–Trinajstić information content (AvgIpc) is 2.05. The summed E-state index contributed by atoms with van der Waals surface area (Å²) in [5, 5.41) is 3.41. The molecule has 0 radical (unpaired) electrons. The van der Waals surface area contributed by atoms with Gasteiger partial charge in [0, 0.05) is 13.1 Å². The van der Waals surface area contributed by atoms with E-state index < -0.39 is 0 Å². The van der Waals surface area contributed by atoms with Crippen LogP contribution in [0.15, 0.2) is 0 Å². The van der Waals surface area contributed by atoms with Crippen LogP contribution in [0.3, 0.4) is 0 Å². The van der Waals surface area contributed by atoms with Gasteiger partial charge in [0.1, 0.15) is 0 Å². The predicted molar refractivity (Wildman–Crippen MR) is 54.3 cm³/mol. The highest BCUT2D eigenvalue weighted by Gasteiger charge is 2.36. The van der Waals surface area contributed by atoms with Gasteiger partial charge >= 0.3 is 0 Å². The van der Waals surface area contributed by atoms with Gasteiger partial charge in [0.05, 0.1) is 0 Å². The molecule has 1 aliphatic rings. The van der Waals surface area contributed by atoms with Crippen molar-refractivity contribution in [3.8, 4) is 0 Å². The zero-order chi connectivity index (χ0) is 9.03. The van der Waals surface area contributed by atoms with Crippen molar-refractivity contribution in [1.29, 1.82) is 0 Å². The molecule has 0 atom stereocenters. The van der Waals surface area contributed by atoms with E-state index in [0.29, 0.717) is 5.41 Å². The third kappa shape index (κ3) is 2.01. The molecule has 0 aliphatic carbocycles. The van der Waals surface area contributed by atoms with Crippen LogP contribution in [0.25, 0.3) is 0 Å². The molecule has 0 unspecified atom stereocenters. The maximum Gasteiger partial charge on any atom is 0.00202 e. The molecule has 1 saturated heterocycles. The van der Waals surface area contributed by atoms with Gasteiger partial charge in [-0.25, -0.2) is 0 Å². The minimum Gasteiger partial charge on any atom is -0.316 e. The van der Waals surface area contributed by atoms with Gasteiger partial charge in [-0.2, -0.15) is 0 Å². The molecular weight excluding hydrogens is 146 g/mol. The van der Waals surface area contributed by atoms with E-state index in [4.69, 9.17) is 0 Å². The van der Waals surface area contributed by atoms with Gasteiger partial charge in [-0.05, 0) is 24.2 Å². The Hall–Kier alpha value is -0.0400. The molecule has 72 valence electrons. The van der Waals surface area contributed by atoms with Crippen molar-refractivity contribution in [3.63, 3.8) is 0 Å². The monoisotopic (exact) mass is 169 g/mol. The van der Waals surface area contributed by atoms with Gasteiger partial charge in [-0.15, -0.1) is 0 Å². The second kappa shape index (κ2) is 4.27. The Kier molecular flexibility index (Phi) is 3.57. The molecule has 0 spiro atoms. The van der Waals surface area contributed by atoms with Crippen LogP contribution in [-0.4, -0.2) is 13.1 Å². The molecule has 1 nitrogen and oxygen atoms in total. The van der Waals surface area contributed by atoms with Gasteiger partial charge in [-0.1, -0.05) is 33.6 Å². The molecule has 0 aromatic heterocycles. The fourth-order valence-corrected chi connectivity index (χ4v) is 2.21. The van der Waals surface area contributed by atoms with E-state index in [9.17, 15) is 0 Å². The summed E-state index contributed by atoms with van der Waals surface area (Å²) < 4.78 is 0. The molecule has 1 rings (SSSR count). The van der Waals surface area contributed by atoms with Crippen LogP contribution < -0.4 is 5.32 Å². The maximum atomic E-state index is 3.41. The molecule has 1 aliphatic heterocycles. The molecule has 0 amide bonds. The summed E-state index contributed by atoms with van der Waals surface area (Å²) in [6, 6.07) is 0. The van der Waals surface area contributed by atoms with Crippen molar-refractivity contribution in [1.82, 2.24) is 5.32 Å². The summed E-state index contributed by atoms with van der Waals surface area (Å²) in [5.41, 5.74) is 0.677. The lowest BCUT2D eigenvalue weighted by atomic mass is 9.71. The first-order chi connectivity index (χ1) is 5.76. The zero-order valence-corrected chi connectivity index (χ0v) is 8.82. The van der Waals surface area contributed by atoms with Crippen molar-refractivity contribution in [2.24, 2.45) is 11.3 Å². The molecule has 0 aromatic carbocycles. The second-order valence-corrected chi connectivity index (χ2v) is 4.34. The zero-order valence-electron chi connectivity index (χ0n) is 8.82. The minimum atomic E-state index is 0.677. The predicted octanol–water partition coefficient (Wildman–Crippen LogP) is 2.81. The van der Waals surface area contributed by atoms with Crippen molar-refractivity contribution in [2.75, 3.05) is 13.1 Å². The summed E-state index contributed by atoms with van der Waals surface area (Å²) in [6.45, 7) is 9.51. The molecule has 0 bridgehead atoms. The standard InChI is InChI=1S/C11H23N/c1-4-10(5-2)7-11(6-3)8-12-9-11/h10,12H,4-9H2,1-3H3. The first-order valence-electron chi connectivity index (χ1n) is 5.47. The minimum absolute atomic E-state index is 0.677. The number of rotatable bonds is 5. The van der Waals surface area contributed by atoms with Crippen molar-refractivity contribution in [3.05, 3.63) is 0 Å². The van der Waals surface area contributed by atoms with Crippen LogP contribution in [0.1, 0.15) is 46.5 Å². The van der Waals surface area contributed by atoms with Crippen LogP contribution in [0.5, 0.6) is 0 Å². The fraction of sp³-hybridized carbons (Fsp3) is 1.00. The van der Waals surface area contributed by atoms with E-state index >= 15 is 0 Å². The lowest BCUT2D eigenvalue weighted by Crippen LogP contribution is -2.53. The second-order valence-electron chi connectivity index (χ2n) is 4.34. The Morgan fingerprint density at radius 1 is 1.17 bits per heavy atom. The molecule has 12 heavy (non-hydrogen) atoms. The van der Waals surface area contributed by atoms with Gasteiger partial charge in [0.25, 0.3) is 0 Å². The van der Waals surface area contributed by atoms with E-state index in [1.165, 1.54) is 38.8 Å². The SMILES string of the molecule is CCC(CC)CC1(CC)CNC1. The van der Waals surface area contributed by atoms with E-state index in [1.54, 1.807) is 0 Å². The molecule has 0 saturated carbocycles. The van der Waals surface area contributed by atoms with Crippen molar-refractivity contribution < 1.29 is 0 Å². The third-order valence-electron chi connectivity index (χ3n) is 3.63. The van der Waals surface area contributed by atoms with Gasteiger partial charge in [0.2, 0.25) is 0 Å². The van der Waals surface area contributed by atoms with Crippen LogP contribution in [-0.2, 0) is 0 Å². The Labute approximate surface area is 76.9 Å². The van der Waals surface area contributed by atoms with E-state index in [2.05, 4.69) is 26.1 Å². The molecular formula is C11H23N. The van der Waals surface area contributed by atoms with Gasteiger partial charge < -0.3 is 5.32 Å². The highest BCUT2D eigenvalue weighted by molar-refractivity contribution is 4.92. The molecule has 0 aromatic rings. The average molecular weight is 169 g/mol. The summed E-state index contributed by atoms with van der Waals surface area (Å²) in [7, 11) is 0. The maximum absolute atomic E-state index is 3.41. The number of hydrogen-bond donors (Lipinski definition) is 1. The highest BCUT2D eigenvalue weighted by Crippen LogP contribution is 2.36. The topological polar surface area (TPSA) is 12.0 Å². The molecule has 1 heteroatoms. The Morgan fingerprint density at radius 2 is 1.75 bits per heavy atom. The number of hydrogen-bond acceptors (Lipinski definition) is 1. The summed E-state index contributed by atoms with van der Waals surface area (Å²) >= 11 is 0. The first-order valence-corrected chi connectivity index (χ1v) is 5.47. The fourth-order valence-electron chi connectivity index (χ4n) is 2.21. The quantitative estimate of drug-likeness (QED) is 0.667. The number of nitrogens with one attached hydrogen (secondary N) is 1. The smallest absolute Gasteiger partial charge is 0.00202 e. The molecule has 1 fully saturated rings. The Bertz CT molecular complexity index is 117. The largest absolute Gasteiger partial charge is 0.316 e. The van der Waals surface area contributed by atoms with E-state index in [0.717, 1.165) is 5.92 Å². The lowest BCUT2D eigenvalue weighted by Gasteiger charge is -2.44. The van der Waals surface area contributed by atoms with Crippen molar-refractivity contribution in [2.45, 2.75) is 46.5 Å². The van der Waals surface area contributed by atoms with Crippen LogP contribution in [0.4, 0.5) is 0 Å².